The van der Waals surface area contributed by atoms with Crippen LogP contribution in [0.3, 0.4) is 0 Å². The molecular formula is C22H28N2O3. The van der Waals surface area contributed by atoms with Crippen molar-refractivity contribution >= 4 is 11.8 Å². The summed E-state index contributed by atoms with van der Waals surface area (Å²) in [4.78, 5) is 23.9. The minimum atomic E-state index is -0.489. The Morgan fingerprint density at radius 2 is 1.52 bits per heavy atom. The molecule has 0 unspecified atom stereocenters. The van der Waals surface area contributed by atoms with E-state index in [0.717, 1.165) is 16.7 Å². The number of nitrogens with one attached hydrogen (secondary N) is 2. The van der Waals surface area contributed by atoms with Gasteiger partial charge in [-0.25, -0.2) is 0 Å². The van der Waals surface area contributed by atoms with E-state index in [0.29, 0.717) is 18.4 Å². The summed E-state index contributed by atoms with van der Waals surface area (Å²) in [5.41, 5.74) is 3.00. The third kappa shape index (κ3) is 5.93. The van der Waals surface area contributed by atoms with E-state index in [4.69, 9.17) is 0 Å². The standard InChI is InChI=1S/C22H28N2O3/c1-15(25)16-5-7-17(8-6-16)18-9-11-19(12-10-18)21(27)24-22(2,3)14-13-20(26)23-4/h5-12,15,25H,13-14H2,1-4H3,(H,23,26)(H,24,27)/t15-/m1/s1. The van der Waals surface area contributed by atoms with Crippen LogP contribution in [0, 0.1) is 0 Å². The largest absolute Gasteiger partial charge is 0.389 e. The minimum Gasteiger partial charge on any atom is -0.389 e. The first-order valence-electron chi connectivity index (χ1n) is 9.13. The van der Waals surface area contributed by atoms with E-state index in [-0.39, 0.29) is 11.8 Å². The van der Waals surface area contributed by atoms with E-state index in [1.165, 1.54) is 0 Å². The molecule has 0 aliphatic carbocycles. The zero-order chi connectivity index (χ0) is 20.0. The molecule has 0 bridgehead atoms. The van der Waals surface area contributed by atoms with Crippen LogP contribution in [-0.2, 0) is 4.79 Å². The highest BCUT2D eigenvalue weighted by Crippen LogP contribution is 2.23. The van der Waals surface area contributed by atoms with Gasteiger partial charge in [-0.3, -0.25) is 9.59 Å². The molecule has 2 rings (SSSR count). The smallest absolute Gasteiger partial charge is 0.251 e. The Labute approximate surface area is 160 Å². The monoisotopic (exact) mass is 368 g/mol. The van der Waals surface area contributed by atoms with Gasteiger partial charge in [0.2, 0.25) is 5.91 Å². The molecule has 5 nitrogen and oxygen atoms in total. The fourth-order valence-corrected chi connectivity index (χ4v) is 2.76. The lowest BCUT2D eigenvalue weighted by molar-refractivity contribution is -0.121. The number of hydrogen-bond donors (Lipinski definition) is 3. The van der Waals surface area contributed by atoms with Crippen molar-refractivity contribution in [2.45, 2.75) is 45.3 Å². The quantitative estimate of drug-likeness (QED) is 0.700. The molecule has 27 heavy (non-hydrogen) atoms. The molecule has 0 heterocycles. The second-order valence-electron chi connectivity index (χ2n) is 7.39. The van der Waals surface area contributed by atoms with Crippen LogP contribution in [0.1, 0.15) is 55.6 Å². The van der Waals surface area contributed by atoms with Gasteiger partial charge in [0.15, 0.2) is 0 Å². The van der Waals surface area contributed by atoms with E-state index in [2.05, 4.69) is 10.6 Å². The van der Waals surface area contributed by atoms with Crippen molar-refractivity contribution in [3.63, 3.8) is 0 Å². The lowest BCUT2D eigenvalue weighted by atomic mass is 9.97. The van der Waals surface area contributed by atoms with E-state index >= 15 is 0 Å². The van der Waals surface area contributed by atoms with E-state index in [1.54, 1.807) is 26.1 Å². The summed E-state index contributed by atoms with van der Waals surface area (Å²) in [5, 5.41) is 15.2. The SMILES string of the molecule is CNC(=O)CCC(C)(C)NC(=O)c1ccc(-c2ccc([C@@H](C)O)cc2)cc1. The van der Waals surface area contributed by atoms with Crippen molar-refractivity contribution in [2.75, 3.05) is 7.05 Å². The molecule has 2 amide bonds. The predicted octanol–water partition coefficient (Wildman–Crippen LogP) is 3.44. The predicted molar refractivity (Wildman–Crippen MR) is 107 cm³/mol. The van der Waals surface area contributed by atoms with Gasteiger partial charge in [-0.15, -0.1) is 0 Å². The molecule has 2 aromatic carbocycles. The average molecular weight is 368 g/mol. The Bertz CT molecular complexity index is 778. The highest BCUT2D eigenvalue weighted by atomic mass is 16.3. The molecule has 0 radical (unpaired) electrons. The van der Waals surface area contributed by atoms with Gasteiger partial charge in [-0.2, -0.15) is 0 Å². The number of benzene rings is 2. The Morgan fingerprint density at radius 1 is 1.00 bits per heavy atom. The van der Waals surface area contributed by atoms with Gasteiger partial charge >= 0.3 is 0 Å². The molecule has 144 valence electrons. The van der Waals surface area contributed by atoms with Gasteiger partial charge in [0.1, 0.15) is 0 Å². The molecule has 0 saturated heterocycles. The van der Waals surface area contributed by atoms with Crippen molar-refractivity contribution < 1.29 is 14.7 Å². The van der Waals surface area contributed by atoms with Crippen LogP contribution in [-0.4, -0.2) is 29.5 Å². The Hall–Kier alpha value is -2.66. The van der Waals surface area contributed by atoms with Crippen LogP contribution < -0.4 is 10.6 Å². The average Bonchev–Trinajstić information content (AvgIpc) is 2.66. The van der Waals surface area contributed by atoms with E-state index in [1.807, 2.05) is 50.2 Å². The van der Waals surface area contributed by atoms with Crippen molar-refractivity contribution in [3.05, 3.63) is 59.7 Å². The lowest BCUT2D eigenvalue weighted by Gasteiger charge is -2.26. The zero-order valence-corrected chi connectivity index (χ0v) is 16.4. The molecular weight excluding hydrogens is 340 g/mol. The summed E-state index contributed by atoms with van der Waals surface area (Å²) in [5.74, 6) is -0.198. The second kappa shape index (κ2) is 8.82. The Kier molecular flexibility index (Phi) is 6.75. The van der Waals surface area contributed by atoms with E-state index < -0.39 is 11.6 Å². The first-order chi connectivity index (χ1) is 12.7. The number of carbonyl (C=O) groups excluding carboxylic acids is 2. The number of rotatable bonds is 7. The zero-order valence-electron chi connectivity index (χ0n) is 16.4. The molecule has 0 aliphatic heterocycles. The molecule has 2 aromatic rings. The summed E-state index contributed by atoms with van der Waals surface area (Å²) in [6.45, 7) is 5.55. The fraction of sp³-hybridized carbons (Fsp3) is 0.364. The fourth-order valence-electron chi connectivity index (χ4n) is 2.76. The van der Waals surface area contributed by atoms with Crippen LogP contribution in [0.5, 0.6) is 0 Å². The van der Waals surface area contributed by atoms with Gasteiger partial charge in [0.05, 0.1) is 6.10 Å². The Balaban J connectivity index is 2.03. The van der Waals surface area contributed by atoms with Gasteiger partial charge in [-0.1, -0.05) is 36.4 Å². The third-order valence-electron chi connectivity index (χ3n) is 4.58. The number of amides is 2. The highest BCUT2D eigenvalue weighted by Gasteiger charge is 2.22. The minimum absolute atomic E-state index is 0.0386. The first-order valence-corrected chi connectivity index (χ1v) is 9.13. The third-order valence-corrected chi connectivity index (χ3v) is 4.58. The number of aliphatic hydroxyl groups is 1. The van der Waals surface area contributed by atoms with Crippen LogP contribution in [0.15, 0.2) is 48.5 Å². The molecule has 0 aromatic heterocycles. The molecule has 1 atom stereocenters. The van der Waals surface area contributed by atoms with Crippen LogP contribution in [0.2, 0.25) is 0 Å². The number of aliphatic hydroxyl groups excluding tert-OH is 1. The van der Waals surface area contributed by atoms with Gasteiger partial charge in [-0.05, 0) is 56.0 Å². The van der Waals surface area contributed by atoms with Crippen molar-refractivity contribution in [1.29, 1.82) is 0 Å². The lowest BCUT2D eigenvalue weighted by Crippen LogP contribution is -2.44. The van der Waals surface area contributed by atoms with Gasteiger partial charge in [0, 0.05) is 24.6 Å². The maximum absolute atomic E-state index is 12.5. The molecule has 5 heteroatoms. The summed E-state index contributed by atoms with van der Waals surface area (Å²) >= 11 is 0. The molecule has 3 N–H and O–H groups in total. The van der Waals surface area contributed by atoms with Crippen molar-refractivity contribution in [3.8, 4) is 11.1 Å². The van der Waals surface area contributed by atoms with Gasteiger partial charge in [0.25, 0.3) is 5.91 Å². The van der Waals surface area contributed by atoms with Crippen LogP contribution >= 0.6 is 0 Å². The summed E-state index contributed by atoms with van der Waals surface area (Å²) in [6, 6.07) is 15.1. The second-order valence-corrected chi connectivity index (χ2v) is 7.39. The maximum atomic E-state index is 12.5. The molecule has 0 saturated carbocycles. The molecule has 0 fully saturated rings. The maximum Gasteiger partial charge on any atom is 0.251 e. The summed E-state index contributed by atoms with van der Waals surface area (Å²) < 4.78 is 0. The topological polar surface area (TPSA) is 78.4 Å². The Morgan fingerprint density at radius 3 is 2.00 bits per heavy atom. The normalized spacial score (nSPS) is 12.3. The molecule has 0 aliphatic rings. The van der Waals surface area contributed by atoms with E-state index in [9.17, 15) is 14.7 Å². The van der Waals surface area contributed by atoms with Crippen LogP contribution in [0.4, 0.5) is 0 Å². The number of hydrogen-bond acceptors (Lipinski definition) is 3. The molecule has 0 spiro atoms. The van der Waals surface area contributed by atoms with Gasteiger partial charge < -0.3 is 15.7 Å². The summed E-state index contributed by atoms with van der Waals surface area (Å²) in [7, 11) is 1.60. The van der Waals surface area contributed by atoms with Crippen molar-refractivity contribution in [2.24, 2.45) is 0 Å². The summed E-state index contributed by atoms with van der Waals surface area (Å²) in [6.07, 6.45) is 0.439. The van der Waals surface area contributed by atoms with Crippen LogP contribution in [0.25, 0.3) is 11.1 Å². The number of carbonyl (C=O) groups is 2. The highest BCUT2D eigenvalue weighted by molar-refractivity contribution is 5.95. The first kappa shape index (κ1) is 20.6. The van der Waals surface area contributed by atoms with Crippen molar-refractivity contribution in [1.82, 2.24) is 10.6 Å².